The van der Waals surface area contributed by atoms with Gasteiger partial charge in [-0.15, -0.1) is 5.11 Å². The molecule has 49 heavy (non-hydrogen) atoms. The molecule has 1 aliphatic rings. The molecule has 6 rings (SSSR count). The van der Waals surface area contributed by atoms with E-state index in [4.69, 9.17) is 0 Å². The third-order valence-corrected chi connectivity index (χ3v) is 10.2. The Morgan fingerprint density at radius 1 is 0.571 bits per heavy atom. The number of fused-ring (bicyclic) bond motifs is 1. The molecular formula is C34H30N4NaO8S2. The fraction of sp³-hybridized carbons (Fsp3) is 0.176. The summed E-state index contributed by atoms with van der Waals surface area (Å²) in [5, 5.41) is 36.6. The second-order valence-corrected chi connectivity index (χ2v) is 14.4. The van der Waals surface area contributed by atoms with Crippen LogP contribution in [0.1, 0.15) is 43.2 Å². The van der Waals surface area contributed by atoms with Crippen molar-refractivity contribution < 1.29 is 36.2 Å². The molecule has 1 fully saturated rings. The van der Waals surface area contributed by atoms with Crippen LogP contribution >= 0.6 is 0 Å². The molecule has 4 N–H and O–H groups in total. The SMILES string of the molecule is O=S(=O)(O)c1cc(S(=O)(=O)O)c2c(N=Nc3ccc(C4(c5ccc(N=Nc6ccc(O)cc6)cc5)CCCCC4)cc3)c(O)ccc2c1.[Na]. The fourth-order valence-corrected chi connectivity index (χ4v) is 7.53. The van der Waals surface area contributed by atoms with Crippen molar-refractivity contribution >= 4 is 83.3 Å². The van der Waals surface area contributed by atoms with Crippen LogP contribution in [-0.2, 0) is 25.7 Å². The van der Waals surface area contributed by atoms with Gasteiger partial charge in [0.1, 0.15) is 22.1 Å². The summed E-state index contributed by atoms with van der Waals surface area (Å²) in [6.07, 6.45) is 5.13. The second-order valence-electron chi connectivity index (χ2n) is 11.6. The van der Waals surface area contributed by atoms with Crippen LogP contribution < -0.4 is 0 Å². The molecule has 0 heterocycles. The number of phenolic OH excluding ortho intramolecular Hbond substituents is 2. The van der Waals surface area contributed by atoms with Gasteiger partial charge < -0.3 is 10.2 Å². The Kier molecular flexibility index (Phi) is 10.7. The number of aromatic hydroxyl groups is 2. The summed E-state index contributed by atoms with van der Waals surface area (Å²) >= 11 is 0. The van der Waals surface area contributed by atoms with Gasteiger partial charge in [-0.1, -0.05) is 49.6 Å². The van der Waals surface area contributed by atoms with E-state index in [0.29, 0.717) is 23.1 Å². The van der Waals surface area contributed by atoms with Crippen LogP contribution in [0, 0.1) is 0 Å². The van der Waals surface area contributed by atoms with Gasteiger partial charge in [-0.05, 0) is 96.1 Å². The maximum absolute atomic E-state index is 12.2. The summed E-state index contributed by atoms with van der Waals surface area (Å²) in [7, 11) is -9.83. The Bertz CT molecular complexity index is 2270. The van der Waals surface area contributed by atoms with Crippen molar-refractivity contribution in [3.63, 3.8) is 0 Å². The van der Waals surface area contributed by atoms with E-state index in [1.54, 1.807) is 36.4 Å². The van der Waals surface area contributed by atoms with E-state index in [1.807, 2.05) is 24.3 Å². The number of nitrogens with zero attached hydrogens (tertiary/aromatic N) is 4. The van der Waals surface area contributed by atoms with E-state index in [2.05, 4.69) is 32.6 Å². The molecule has 1 radical (unpaired) electrons. The van der Waals surface area contributed by atoms with Crippen molar-refractivity contribution in [2.75, 3.05) is 0 Å². The quantitative estimate of drug-likeness (QED) is 0.0698. The first-order valence-electron chi connectivity index (χ1n) is 14.9. The van der Waals surface area contributed by atoms with Crippen molar-refractivity contribution in [1.82, 2.24) is 0 Å². The fourth-order valence-electron chi connectivity index (χ4n) is 6.16. The predicted molar refractivity (Wildman–Crippen MR) is 184 cm³/mol. The van der Waals surface area contributed by atoms with Crippen LogP contribution in [0.4, 0.5) is 22.7 Å². The van der Waals surface area contributed by atoms with Crippen LogP contribution in [0.2, 0.25) is 0 Å². The van der Waals surface area contributed by atoms with E-state index in [-0.39, 0.29) is 57.2 Å². The zero-order chi connectivity index (χ0) is 34.1. The van der Waals surface area contributed by atoms with E-state index >= 15 is 0 Å². The molecule has 0 bridgehead atoms. The first kappa shape index (κ1) is 36.3. The molecule has 0 aliphatic heterocycles. The molecule has 0 spiro atoms. The van der Waals surface area contributed by atoms with Crippen LogP contribution in [0.3, 0.4) is 0 Å². The Hall–Kier alpha value is -4.02. The summed E-state index contributed by atoms with van der Waals surface area (Å²) in [6.45, 7) is 0. The van der Waals surface area contributed by atoms with E-state index < -0.39 is 35.8 Å². The summed E-state index contributed by atoms with van der Waals surface area (Å²) in [5.74, 6) is -0.302. The molecule has 12 nitrogen and oxygen atoms in total. The van der Waals surface area contributed by atoms with Crippen molar-refractivity contribution in [2.45, 2.75) is 47.3 Å². The number of azo groups is 2. The van der Waals surface area contributed by atoms with E-state index in [0.717, 1.165) is 49.3 Å². The molecule has 0 saturated heterocycles. The van der Waals surface area contributed by atoms with Gasteiger partial charge in [0.05, 0.1) is 22.0 Å². The maximum atomic E-state index is 12.2. The Labute approximate surface area is 305 Å². The Morgan fingerprint density at radius 3 is 1.55 bits per heavy atom. The molecule has 0 atom stereocenters. The predicted octanol–water partition coefficient (Wildman–Crippen LogP) is 8.44. The second kappa shape index (κ2) is 14.5. The van der Waals surface area contributed by atoms with Gasteiger partial charge in [-0.3, -0.25) is 9.11 Å². The summed E-state index contributed by atoms with van der Waals surface area (Å²) in [4.78, 5) is -1.61. The molecule has 1 aliphatic carbocycles. The van der Waals surface area contributed by atoms with Crippen molar-refractivity contribution in [3.05, 3.63) is 108 Å². The standard InChI is InChI=1S/C34H30N4O8S2.Na/c39-28-15-13-27(14-16-28)36-35-25-9-5-23(6-10-25)34(18-2-1-3-19-34)24-7-11-26(12-8-24)37-38-33-30(40)17-4-22-20-29(47(41,42)43)21-31(32(22)33)48(44,45)46;/h4-17,20-21,39-40H,1-3,18-19H2,(H,41,42,43)(H,44,45,46);. The van der Waals surface area contributed by atoms with Crippen LogP contribution in [0.15, 0.2) is 127 Å². The molecule has 247 valence electrons. The van der Waals surface area contributed by atoms with E-state index in [9.17, 15) is 36.2 Å². The van der Waals surface area contributed by atoms with Crippen molar-refractivity contribution in [3.8, 4) is 11.5 Å². The molecule has 15 heteroatoms. The molecule has 0 unspecified atom stereocenters. The average Bonchev–Trinajstić information content (AvgIpc) is 3.07. The van der Waals surface area contributed by atoms with E-state index in [1.165, 1.54) is 12.1 Å². The first-order valence-corrected chi connectivity index (χ1v) is 17.8. The van der Waals surface area contributed by atoms with Crippen LogP contribution in [0.5, 0.6) is 11.5 Å². The molecular weight excluding hydrogens is 680 g/mol. The summed E-state index contributed by atoms with van der Waals surface area (Å²) in [5.41, 5.74) is 3.38. The van der Waals surface area contributed by atoms with Gasteiger partial charge in [0.2, 0.25) is 0 Å². The molecule has 0 amide bonds. The number of hydrogen-bond acceptors (Lipinski definition) is 10. The number of benzene rings is 5. The molecule has 5 aromatic carbocycles. The first-order chi connectivity index (χ1) is 22.8. The number of hydrogen-bond donors (Lipinski definition) is 4. The Balaban J connectivity index is 0.00000468. The number of rotatable bonds is 8. The minimum atomic E-state index is -5.01. The zero-order valence-corrected chi connectivity index (χ0v) is 29.9. The average molecular weight is 710 g/mol. The summed E-state index contributed by atoms with van der Waals surface area (Å²) < 4.78 is 67.3. The minimum Gasteiger partial charge on any atom is -0.508 e. The maximum Gasteiger partial charge on any atom is 0.295 e. The third kappa shape index (κ3) is 7.91. The monoisotopic (exact) mass is 709 g/mol. The largest absolute Gasteiger partial charge is 0.508 e. The summed E-state index contributed by atoms with van der Waals surface area (Å²) in [6, 6.07) is 25.9. The van der Waals surface area contributed by atoms with Gasteiger partial charge in [-0.25, -0.2) is 0 Å². The van der Waals surface area contributed by atoms with Gasteiger partial charge >= 0.3 is 0 Å². The smallest absolute Gasteiger partial charge is 0.295 e. The Morgan fingerprint density at radius 2 is 1.06 bits per heavy atom. The van der Waals surface area contributed by atoms with Crippen molar-refractivity contribution in [1.29, 1.82) is 0 Å². The zero-order valence-electron chi connectivity index (χ0n) is 26.3. The molecule has 0 aromatic heterocycles. The molecule has 5 aromatic rings. The van der Waals surface area contributed by atoms with Gasteiger partial charge in [0.25, 0.3) is 20.2 Å². The number of phenols is 2. The van der Waals surface area contributed by atoms with Crippen LogP contribution in [0.25, 0.3) is 10.8 Å². The van der Waals surface area contributed by atoms with Gasteiger partial charge in [0, 0.05) is 40.4 Å². The topological polar surface area (TPSA) is 199 Å². The van der Waals surface area contributed by atoms with Gasteiger partial charge in [0.15, 0.2) is 0 Å². The third-order valence-electron chi connectivity index (χ3n) is 8.53. The van der Waals surface area contributed by atoms with Crippen molar-refractivity contribution in [2.24, 2.45) is 20.5 Å². The van der Waals surface area contributed by atoms with Gasteiger partial charge in [-0.2, -0.15) is 32.2 Å². The van der Waals surface area contributed by atoms with Crippen LogP contribution in [-0.4, -0.2) is 65.7 Å². The molecule has 1 saturated carbocycles. The normalized spacial score (nSPS) is 15.1. The minimum absolute atomic E-state index is 0.